The maximum atomic E-state index is 11.3. The van der Waals surface area contributed by atoms with Gasteiger partial charge in [-0.2, -0.15) is 0 Å². The Kier molecular flexibility index (Phi) is 3.32. The maximum Gasteiger partial charge on any atom is 0.149 e. The molecule has 17 heavy (non-hydrogen) atoms. The van der Waals surface area contributed by atoms with Crippen molar-refractivity contribution in [1.29, 1.82) is 0 Å². The average molecular weight is 257 g/mol. The van der Waals surface area contributed by atoms with E-state index in [9.17, 15) is 13.5 Å². The van der Waals surface area contributed by atoms with Crippen LogP contribution in [0.25, 0.3) is 0 Å². The van der Waals surface area contributed by atoms with Crippen molar-refractivity contribution in [3.8, 4) is 0 Å². The first-order valence-electron chi connectivity index (χ1n) is 5.94. The number of aromatic nitrogens is 1. The van der Waals surface area contributed by atoms with Crippen molar-refractivity contribution in [1.82, 2.24) is 4.57 Å². The number of rotatable bonds is 3. The molecule has 1 aliphatic carbocycles. The smallest absolute Gasteiger partial charge is 0.149 e. The second-order valence-corrected chi connectivity index (χ2v) is 7.16. The second kappa shape index (κ2) is 4.46. The monoisotopic (exact) mass is 257 g/mol. The van der Waals surface area contributed by atoms with Crippen LogP contribution in [-0.4, -0.2) is 30.1 Å². The molecule has 2 unspecified atom stereocenters. The van der Waals surface area contributed by atoms with Crippen LogP contribution in [0, 0.1) is 0 Å². The van der Waals surface area contributed by atoms with Crippen LogP contribution >= 0.6 is 0 Å². The number of hydrogen-bond donors (Lipinski definition) is 1. The summed E-state index contributed by atoms with van der Waals surface area (Å²) < 4.78 is 24.6. The van der Waals surface area contributed by atoms with Gasteiger partial charge in [0.2, 0.25) is 0 Å². The van der Waals surface area contributed by atoms with E-state index in [2.05, 4.69) is 0 Å². The molecule has 0 aromatic carbocycles. The fourth-order valence-electron chi connectivity index (χ4n) is 2.62. The van der Waals surface area contributed by atoms with E-state index in [1.807, 2.05) is 23.8 Å². The minimum absolute atomic E-state index is 0.0703. The average Bonchev–Trinajstić information content (AvgIpc) is 2.60. The van der Waals surface area contributed by atoms with Gasteiger partial charge in [-0.05, 0) is 32.3 Å². The third-order valence-electron chi connectivity index (χ3n) is 3.33. The molecule has 1 aromatic rings. The van der Waals surface area contributed by atoms with E-state index >= 15 is 0 Å². The number of fused-ring (bicyclic) bond motifs is 1. The molecule has 0 saturated heterocycles. The molecule has 4 nitrogen and oxygen atoms in total. The van der Waals surface area contributed by atoms with E-state index in [-0.39, 0.29) is 17.9 Å². The fourth-order valence-corrected chi connectivity index (χ4v) is 3.66. The standard InChI is InChI=1S/C12H19NO3S/c1-9(8-17(2,15)16)13-7-6-10-11(13)4-3-5-12(10)14/h6-7,9,12,14H,3-5,8H2,1-2H3. The molecule has 1 heterocycles. The molecule has 0 saturated carbocycles. The van der Waals surface area contributed by atoms with Gasteiger partial charge >= 0.3 is 0 Å². The van der Waals surface area contributed by atoms with Crippen molar-refractivity contribution < 1.29 is 13.5 Å². The predicted octanol–water partition coefficient (Wildman–Crippen LogP) is 1.46. The molecule has 0 spiro atoms. The van der Waals surface area contributed by atoms with E-state index in [0.717, 1.165) is 30.5 Å². The summed E-state index contributed by atoms with van der Waals surface area (Å²) in [5, 5.41) is 9.86. The highest BCUT2D eigenvalue weighted by molar-refractivity contribution is 7.90. The summed E-state index contributed by atoms with van der Waals surface area (Å²) in [6.45, 7) is 1.91. The summed E-state index contributed by atoms with van der Waals surface area (Å²) in [6.07, 6.45) is 5.46. The van der Waals surface area contributed by atoms with Crippen LogP contribution in [0.2, 0.25) is 0 Å². The number of sulfone groups is 1. The summed E-state index contributed by atoms with van der Waals surface area (Å²) in [6, 6.07) is 1.84. The molecular formula is C12H19NO3S. The Hall–Kier alpha value is -0.810. The van der Waals surface area contributed by atoms with Gasteiger partial charge in [0, 0.05) is 29.8 Å². The van der Waals surface area contributed by atoms with E-state index in [0.29, 0.717) is 0 Å². The van der Waals surface area contributed by atoms with Crippen LogP contribution in [-0.2, 0) is 16.3 Å². The zero-order valence-electron chi connectivity index (χ0n) is 10.3. The lowest BCUT2D eigenvalue weighted by Crippen LogP contribution is -2.19. The molecule has 1 N–H and O–H groups in total. The van der Waals surface area contributed by atoms with Crippen molar-refractivity contribution in [2.45, 2.75) is 38.3 Å². The van der Waals surface area contributed by atoms with Crippen LogP contribution in [0.1, 0.15) is 43.2 Å². The van der Waals surface area contributed by atoms with Crippen LogP contribution in [0.15, 0.2) is 12.3 Å². The van der Waals surface area contributed by atoms with Crippen molar-refractivity contribution in [2.24, 2.45) is 0 Å². The number of hydrogen-bond acceptors (Lipinski definition) is 3. The van der Waals surface area contributed by atoms with Crippen LogP contribution < -0.4 is 0 Å². The summed E-state index contributed by atoms with van der Waals surface area (Å²) in [4.78, 5) is 0. The first-order valence-corrected chi connectivity index (χ1v) is 8.00. The Morgan fingerprint density at radius 1 is 1.59 bits per heavy atom. The first-order chi connectivity index (χ1) is 7.88. The molecule has 0 fully saturated rings. The molecule has 96 valence electrons. The van der Waals surface area contributed by atoms with Crippen molar-refractivity contribution in [3.05, 3.63) is 23.5 Å². The van der Waals surface area contributed by atoms with Gasteiger partial charge in [-0.1, -0.05) is 0 Å². The van der Waals surface area contributed by atoms with E-state index in [1.165, 1.54) is 6.26 Å². The highest BCUT2D eigenvalue weighted by Crippen LogP contribution is 2.32. The van der Waals surface area contributed by atoms with Gasteiger partial charge in [0.1, 0.15) is 9.84 Å². The number of nitrogens with zero attached hydrogens (tertiary/aromatic N) is 1. The Balaban J connectivity index is 2.28. The molecule has 5 heteroatoms. The third-order valence-corrected chi connectivity index (χ3v) is 4.42. The molecule has 2 rings (SSSR count). The topological polar surface area (TPSA) is 59.3 Å². The highest BCUT2D eigenvalue weighted by atomic mass is 32.2. The zero-order valence-corrected chi connectivity index (χ0v) is 11.1. The molecule has 0 aliphatic heterocycles. The maximum absolute atomic E-state index is 11.3. The normalized spacial score (nSPS) is 22.2. The van der Waals surface area contributed by atoms with Crippen molar-refractivity contribution in [3.63, 3.8) is 0 Å². The van der Waals surface area contributed by atoms with Gasteiger partial charge in [0.05, 0.1) is 11.9 Å². The molecule has 0 bridgehead atoms. The summed E-state index contributed by atoms with van der Waals surface area (Å²) in [5.74, 6) is 0.143. The minimum Gasteiger partial charge on any atom is -0.388 e. The largest absolute Gasteiger partial charge is 0.388 e. The zero-order chi connectivity index (χ0) is 12.6. The molecule has 0 amide bonds. The lowest BCUT2D eigenvalue weighted by atomic mass is 9.95. The Bertz CT molecular complexity index is 504. The van der Waals surface area contributed by atoms with Crippen LogP contribution in [0.4, 0.5) is 0 Å². The molecule has 1 aromatic heterocycles. The second-order valence-electron chi connectivity index (χ2n) is 4.97. The lowest BCUT2D eigenvalue weighted by Gasteiger charge is -2.23. The Morgan fingerprint density at radius 2 is 2.29 bits per heavy atom. The van der Waals surface area contributed by atoms with Gasteiger partial charge in [-0.25, -0.2) is 8.42 Å². The minimum atomic E-state index is -2.97. The number of aliphatic hydroxyl groups excluding tert-OH is 1. The highest BCUT2D eigenvalue weighted by Gasteiger charge is 2.23. The Labute approximate surface area is 102 Å². The molecule has 1 aliphatic rings. The van der Waals surface area contributed by atoms with E-state index in [1.54, 1.807) is 0 Å². The van der Waals surface area contributed by atoms with Crippen molar-refractivity contribution >= 4 is 9.84 Å². The lowest BCUT2D eigenvalue weighted by molar-refractivity contribution is 0.155. The fraction of sp³-hybridized carbons (Fsp3) is 0.667. The van der Waals surface area contributed by atoms with Crippen molar-refractivity contribution in [2.75, 3.05) is 12.0 Å². The summed E-state index contributed by atoms with van der Waals surface area (Å²) in [5.41, 5.74) is 2.07. The molecule has 2 atom stereocenters. The molecular weight excluding hydrogens is 238 g/mol. The van der Waals surface area contributed by atoms with Gasteiger partial charge in [0.25, 0.3) is 0 Å². The van der Waals surface area contributed by atoms with Crippen LogP contribution in [0.5, 0.6) is 0 Å². The van der Waals surface area contributed by atoms with Gasteiger partial charge in [-0.3, -0.25) is 0 Å². The predicted molar refractivity (Wildman–Crippen MR) is 66.8 cm³/mol. The van der Waals surface area contributed by atoms with E-state index in [4.69, 9.17) is 0 Å². The Morgan fingerprint density at radius 3 is 2.94 bits per heavy atom. The van der Waals surface area contributed by atoms with E-state index < -0.39 is 9.84 Å². The van der Waals surface area contributed by atoms with Crippen LogP contribution in [0.3, 0.4) is 0 Å². The SMILES string of the molecule is CC(CS(C)(=O)=O)n1ccc2c1CCCC2O. The number of aliphatic hydroxyl groups is 1. The van der Waals surface area contributed by atoms with Gasteiger partial charge < -0.3 is 9.67 Å². The summed E-state index contributed by atoms with van der Waals surface area (Å²) >= 11 is 0. The molecule has 0 radical (unpaired) electrons. The third kappa shape index (κ3) is 2.72. The van der Waals surface area contributed by atoms with Gasteiger partial charge in [0.15, 0.2) is 0 Å². The first kappa shape index (κ1) is 12.6. The van der Waals surface area contributed by atoms with Gasteiger partial charge in [-0.15, -0.1) is 0 Å². The summed E-state index contributed by atoms with van der Waals surface area (Å²) in [7, 11) is -2.97. The quantitative estimate of drug-likeness (QED) is 0.892.